The topological polar surface area (TPSA) is 49.4 Å². The van der Waals surface area contributed by atoms with E-state index < -0.39 is 10.0 Å². The highest BCUT2D eigenvalue weighted by Gasteiger charge is 2.31. The van der Waals surface area contributed by atoms with Gasteiger partial charge >= 0.3 is 0 Å². The molecule has 0 atom stereocenters. The van der Waals surface area contributed by atoms with Crippen molar-refractivity contribution in [1.29, 1.82) is 0 Å². The molecule has 1 aromatic carbocycles. The average molecular weight is 359 g/mol. The van der Waals surface area contributed by atoms with E-state index in [-0.39, 0.29) is 12.4 Å². The number of nitrogens with one attached hydrogen (secondary N) is 1. The minimum atomic E-state index is -3.35. The first-order valence-corrected chi connectivity index (χ1v) is 9.71. The Morgan fingerprint density at radius 1 is 1.13 bits per heavy atom. The molecule has 4 nitrogen and oxygen atoms in total. The third-order valence-electron chi connectivity index (χ3n) is 4.79. The van der Waals surface area contributed by atoms with Crippen LogP contribution in [0.15, 0.2) is 23.1 Å². The van der Waals surface area contributed by atoms with Gasteiger partial charge < -0.3 is 5.32 Å². The van der Waals surface area contributed by atoms with Gasteiger partial charge in [0.2, 0.25) is 10.0 Å². The highest BCUT2D eigenvalue weighted by Crippen LogP contribution is 2.28. The van der Waals surface area contributed by atoms with E-state index in [1.165, 1.54) is 12.8 Å². The summed E-state index contributed by atoms with van der Waals surface area (Å²) >= 11 is 0. The monoisotopic (exact) mass is 358 g/mol. The van der Waals surface area contributed by atoms with Crippen molar-refractivity contribution in [2.75, 3.05) is 19.6 Å². The van der Waals surface area contributed by atoms with E-state index in [9.17, 15) is 8.42 Å². The summed E-state index contributed by atoms with van der Waals surface area (Å²) in [7, 11) is -3.35. The zero-order chi connectivity index (χ0) is 15.7. The van der Waals surface area contributed by atoms with Gasteiger partial charge in [-0.05, 0) is 63.6 Å². The van der Waals surface area contributed by atoms with E-state index in [1.54, 1.807) is 10.4 Å². The summed E-state index contributed by atoms with van der Waals surface area (Å²) in [5.74, 6) is 0.872. The van der Waals surface area contributed by atoms with Gasteiger partial charge in [0, 0.05) is 19.1 Å². The van der Waals surface area contributed by atoms with Crippen LogP contribution in [0.4, 0.5) is 0 Å². The lowest BCUT2D eigenvalue weighted by Gasteiger charge is -2.32. The quantitative estimate of drug-likeness (QED) is 0.880. The summed E-state index contributed by atoms with van der Waals surface area (Å²) in [6.07, 6.45) is 4.54. The summed E-state index contributed by atoms with van der Waals surface area (Å²) in [5, 5.41) is 3.59. The molecule has 23 heavy (non-hydrogen) atoms. The first kappa shape index (κ1) is 18.7. The molecule has 0 spiro atoms. The molecule has 1 aliphatic carbocycles. The number of aryl methyl sites for hydroxylation is 2. The van der Waals surface area contributed by atoms with Crippen LogP contribution < -0.4 is 5.32 Å². The second kappa shape index (κ2) is 7.51. The van der Waals surface area contributed by atoms with Gasteiger partial charge in [0.25, 0.3) is 0 Å². The standard InChI is InChI=1S/C17H26N2O2S.ClH/c1-13-3-6-17(14(2)11-13)22(20,21)19-9-7-16(8-10-19)18-12-15-4-5-15;/h3,6,11,15-16,18H,4-5,7-10,12H2,1-2H3;1H. The molecule has 1 saturated heterocycles. The van der Waals surface area contributed by atoms with Crippen LogP contribution in [0.2, 0.25) is 0 Å². The molecule has 1 aliphatic heterocycles. The molecule has 3 rings (SSSR count). The van der Waals surface area contributed by atoms with Crippen LogP contribution in [0.1, 0.15) is 36.8 Å². The number of sulfonamides is 1. The molecular weight excluding hydrogens is 332 g/mol. The Kier molecular flexibility index (Phi) is 6.11. The number of rotatable bonds is 5. The Morgan fingerprint density at radius 3 is 2.35 bits per heavy atom. The van der Waals surface area contributed by atoms with E-state index in [0.717, 1.165) is 36.4 Å². The van der Waals surface area contributed by atoms with Crippen molar-refractivity contribution in [1.82, 2.24) is 9.62 Å². The van der Waals surface area contributed by atoms with Crippen molar-refractivity contribution in [3.8, 4) is 0 Å². The van der Waals surface area contributed by atoms with Crippen molar-refractivity contribution in [3.05, 3.63) is 29.3 Å². The number of piperidine rings is 1. The van der Waals surface area contributed by atoms with Gasteiger partial charge in [0.1, 0.15) is 0 Å². The Balaban J connectivity index is 0.00000192. The van der Waals surface area contributed by atoms with E-state index in [4.69, 9.17) is 0 Å². The highest BCUT2D eigenvalue weighted by atomic mass is 35.5. The van der Waals surface area contributed by atoms with Crippen molar-refractivity contribution in [3.63, 3.8) is 0 Å². The van der Waals surface area contributed by atoms with Gasteiger partial charge in [0.15, 0.2) is 0 Å². The average Bonchev–Trinajstić information content (AvgIpc) is 3.29. The van der Waals surface area contributed by atoms with Gasteiger partial charge in [-0.25, -0.2) is 8.42 Å². The van der Waals surface area contributed by atoms with Crippen LogP contribution in [0.25, 0.3) is 0 Å². The number of hydrogen-bond acceptors (Lipinski definition) is 3. The molecule has 130 valence electrons. The summed E-state index contributed by atoms with van der Waals surface area (Å²) in [5.41, 5.74) is 1.94. The zero-order valence-corrected chi connectivity index (χ0v) is 15.5. The maximum atomic E-state index is 12.8. The lowest BCUT2D eigenvalue weighted by atomic mass is 10.1. The van der Waals surface area contributed by atoms with Crippen molar-refractivity contribution in [2.24, 2.45) is 5.92 Å². The van der Waals surface area contributed by atoms with Crippen molar-refractivity contribution >= 4 is 22.4 Å². The first-order valence-electron chi connectivity index (χ1n) is 8.27. The molecule has 1 aromatic rings. The number of hydrogen-bond donors (Lipinski definition) is 1. The smallest absolute Gasteiger partial charge is 0.243 e. The second-order valence-electron chi connectivity index (χ2n) is 6.80. The third-order valence-corrected chi connectivity index (χ3v) is 6.85. The van der Waals surface area contributed by atoms with Gasteiger partial charge in [-0.1, -0.05) is 17.7 Å². The van der Waals surface area contributed by atoms with Gasteiger partial charge in [-0.15, -0.1) is 12.4 Å². The molecule has 2 aliphatic rings. The third kappa shape index (κ3) is 4.47. The SMILES string of the molecule is Cc1ccc(S(=O)(=O)N2CCC(NCC3CC3)CC2)c(C)c1.Cl. The van der Waals surface area contributed by atoms with E-state index in [2.05, 4.69) is 5.32 Å². The molecule has 1 heterocycles. The Labute approximate surface area is 146 Å². The fraction of sp³-hybridized carbons (Fsp3) is 0.647. The van der Waals surface area contributed by atoms with Gasteiger partial charge in [0.05, 0.1) is 4.90 Å². The molecule has 0 amide bonds. The molecule has 0 unspecified atom stereocenters. The number of halogens is 1. The lowest BCUT2D eigenvalue weighted by molar-refractivity contribution is 0.288. The largest absolute Gasteiger partial charge is 0.314 e. The number of benzene rings is 1. The summed E-state index contributed by atoms with van der Waals surface area (Å²) < 4.78 is 27.3. The molecule has 1 N–H and O–H groups in total. The fourth-order valence-corrected chi connectivity index (χ4v) is 4.86. The normalized spacial score (nSPS) is 20.3. The molecule has 0 aromatic heterocycles. The summed E-state index contributed by atoms with van der Waals surface area (Å²) in [4.78, 5) is 0.461. The van der Waals surface area contributed by atoms with Crippen LogP contribution in [-0.2, 0) is 10.0 Å². The highest BCUT2D eigenvalue weighted by molar-refractivity contribution is 7.89. The summed E-state index contributed by atoms with van der Waals surface area (Å²) in [6, 6.07) is 6.05. The lowest BCUT2D eigenvalue weighted by Crippen LogP contribution is -2.45. The molecule has 6 heteroatoms. The molecule has 2 fully saturated rings. The minimum Gasteiger partial charge on any atom is -0.314 e. The van der Waals surface area contributed by atoms with E-state index >= 15 is 0 Å². The van der Waals surface area contributed by atoms with Crippen LogP contribution in [-0.4, -0.2) is 38.4 Å². The molecular formula is C17H27ClN2O2S. The maximum Gasteiger partial charge on any atom is 0.243 e. The number of nitrogens with zero attached hydrogens (tertiary/aromatic N) is 1. The minimum absolute atomic E-state index is 0. The predicted octanol–water partition coefficient (Wildman–Crippen LogP) is 2.88. The summed E-state index contributed by atoms with van der Waals surface area (Å²) in [6.45, 7) is 6.22. The van der Waals surface area contributed by atoms with Crippen LogP contribution in [0.5, 0.6) is 0 Å². The van der Waals surface area contributed by atoms with Crippen LogP contribution >= 0.6 is 12.4 Å². The van der Waals surface area contributed by atoms with Gasteiger partial charge in [-0.3, -0.25) is 0 Å². The Morgan fingerprint density at radius 2 is 1.78 bits per heavy atom. The molecule has 1 saturated carbocycles. The Hall–Kier alpha value is -0.620. The molecule has 0 bridgehead atoms. The van der Waals surface area contributed by atoms with E-state index in [0.29, 0.717) is 24.0 Å². The molecule has 0 radical (unpaired) electrons. The zero-order valence-electron chi connectivity index (χ0n) is 13.9. The van der Waals surface area contributed by atoms with Crippen molar-refractivity contribution in [2.45, 2.75) is 50.5 Å². The van der Waals surface area contributed by atoms with Crippen molar-refractivity contribution < 1.29 is 8.42 Å². The Bertz CT molecular complexity index is 636. The first-order chi connectivity index (χ1) is 10.5. The fourth-order valence-electron chi connectivity index (χ4n) is 3.18. The van der Waals surface area contributed by atoms with Gasteiger partial charge in [-0.2, -0.15) is 4.31 Å². The van der Waals surface area contributed by atoms with Crippen LogP contribution in [0, 0.1) is 19.8 Å². The second-order valence-corrected chi connectivity index (χ2v) is 8.71. The predicted molar refractivity (Wildman–Crippen MR) is 95.7 cm³/mol. The van der Waals surface area contributed by atoms with E-state index in [1.807, 2.05) is 26.0 Å². The maximum absolute atomic E-state index is 12.8. The van der Waals surface area contributed by atoms with Crippen LogP contribution in [0.3, 0.4) is 0 Å².